The first-order valence-electron chi connectivity index (χ1n) is 7.38. The van der Waals surface area contributed by atoms with Gasteiger partial charge >= 0.3 is 0 Å². The molecule has 2 aliphatic heterocycles. The molecule has 0 amide bonds. The average Bonchev–Trinajstić information content (AvgIpc) is 2.48. The molecule has 0 aliphatic carbocycles. The van der Waals surface area contributed by atoms with E-state index in [2.05, 4.69) is 0 Å². The molecule has 1 atom stereocenters. The van der Waals surface area contributed by atoms with Gasteiger partial charge in [-0.3, -0.25) is 0 Å². The van der Waals surface area contributed by atoms with Crippen molar-refractivity contribution in [3.63, 3.8) is 0 Å². The molecule has 2 rings (SSSR count). The van der Waals surface area contributed by atoms with Crippen LogP contribution >= 0.6 is 11.6 Å². The highest BCUT2D eigenvalue weighted by Gasteiger charge is 2.35. The summed E-state index contributed by atoms with van der Waals surface area (Å²) in [5, 5.41) is 0. The first-order valence-corrected chi connectivity index (χ1v) is 9.31. The van der Waals surface area contributed by atoms with Crippen LogP contribution in [0.15, 0.2) is 0 Å². The molecule has 0 N–H and O–H groups in total. The van der Waals surface area contributed by atoms with Crippen LogP contribution in [0.4, 0.5) is 0 Å². The van der Waals surface area contributed by atoms with Gasteiger partial charge < -0.3 is 4.74 Å². The van der Waals surface area contributed by atoms with Crippen molar-refractivity contribution in [1.29, 1.82) is 0 Å². The second kappa shape index (κ2) is 7.40. The van der Waals surface area contributed by atoms with Crippen molar-refractivity contribution in [3.05, 3.63) is 0 Å². The quantitative estimate of drug-likeness (QED) is 0.721. The lowest BCUT2D eigenvalue weighted by Crippen LogP contribution is -2.50. The molecule has 0 aromatic heterocycles. The van der Waals surface area contributed by atoms with E-state index in [0.29, 0.717) is 43.9 Å². The van der Waals surface area contributed by atoms with Crippen molar-refractivity contribution in [2.75, 3.05) is 45.8 Å². The predicted octanol–water partition coefficient (Wildman–Crippen LogP) is 1.54. The number of piperidine rings is 2. The lowest BCUT2D eigenvalue weighted by Gasteiger charge is -2.37. The minimum atomic E-state index is -3.30. The number of methoxy groups -OCH3 is 1. The van der Waals surface area contributed by atoms with Crippen molar-refractivity contribution in [2.24, 2.45) is 11.8 Å². The molecule has 2 heterocycles. The number of nitrogens with zero attached hydrogens (tertiary/aromatic N) is 2. The third-order valence-electron chi connectivity index (χ3n) is 4.33. The zero-order valence-corrected chi connectivity index (χ0v) is 13.7. The maximum atomic E-state index is 12.6. The van der Waals surface area contributed by atoms with Crippen LogP contribution in [-0.2, 0) is 14.9 Å². The largest absolute Gasteiger partial charge is 0.384 e. The molecule has 7 heteroatoms. The highest BCUT2D eigenvalue weighted by Crippen LogP contribution is 2.25. The number of hydrogen-bond donors (Lipinski definition) is 0. The van der Waals surface area contributed by atoms with Gasteiger partial charge in [-0.1, -0.05) is 0 Å². The van der Waals surface area contributed by atoms with Gasteiger partial charge in [-0.15, -0.1) is 11.6 Å². The summed E-state index contributed by atoms with van der Waals surface area (Å²) in [5.74, 6) is 1.33. The van der Waals surface area contributed by atoms with Gasteiger partial charge in [0.15, 0.2) is 0 Å². The molecule has 2 saturated heterocycles. The van der Waals surface area contributed by atoms with Crippen LogP contribution < -0.4 is 0 Å². The van der Waals surface area contributed by atoms with Crippen LogP contribution in [0.1, 0.15) is 25.7 Å². The lowest BCUT2D eigenvalue weighted by atomic mass is 9.99. The van der Waals surface area contributed by atoms with Crippen molar-refractivity contribution in [2.45, 2.75) is 25.7 Å². The van der Waals surface area contributed by atoms with Gasteiger partial charge in [-0.25, -0.2) is 0 Å². The second-order valence-corrected chi connectivity index (χ2v) is 8.06. The third-order valence-corrected chi connectivity index (χ3v) is 6.77. The Balaban J connectivity index is 1.93. The number of ether oxygens (including phenoxy) is 1. The Morgan fingerprint density at radius 2 is 1.80 bits per heavy atom. The minimum absolute atomic E-state index is 0.297. The number of rotatable bonds is 5. The highest BCUT2D eigenvalue weighted by molar-refractivity contribution is 7.86. The van der Waals surface area contributed by atoms with Gasteiger partial charge in [0, 0.05) is 45.8 Å². The SMILES string of the molecule is COCC1CCN(S(=O)(=O)N2CCCC(CCl)C2)CC1. The van der Waals surface area contributed by atoms with Crippen LogP contribution in [0, 0.1) is 11.8 Å². The minimum Gasteiger partial charge on any atom is -0.384 e. The molecule has 0 aromatic rings. The first kappa shape index (κ1) is 16.5. The van der Waals surface area contributed by atoms with Crippen LogP contribution in [-0.4, -0.2) is 62.8 Å². The molecule has 2 fully saturated rings. The summed E-state index contributed by atoms with van der Waals surface area (Å²) in [7, 11) is -1.60. The summed E-state index contributed by atoms with van der Waals surface area (Å²) >= 11 is 5.89. The smallest absolute Gasteiger partial charge is 0.281 e. The van der Waals surface area contributed by atoms with E-state index in [1.54, 1.807) is 15.7 Å². The predicted molar refractivity (Wildman–Crippen MR) is 80.1 cm³/mol. The van der Waals surface area contributed by atoms with Gasteiger partial charge in [-0.05, 0) is 37.5 Å². The van der Waals surface area contributed by atoms with Crippen molar-refractivity contribution in [1.82, 2.24) is 8.61 Å². The Bertz CT molecular complexity index is 396. The van der Waals surface area contributed by atoms with Crippen molar-refractivity contribution < 1.29 is 13.2 Å². The number of alkyl halides is 1. The molecule has 0 aromatic carbocycles. The Hall–Kier alpha value is 0.120. The molecule has 20 heavy (non-hydrogen) atoms. The molecule has 118 valence electrons. The van der Waals surface area contributed by atoms with E-state index in [0.717, 1.165) is 32.3 Å². The standard InChI is InChI=1S/C13H25ClN2O3S/c1-19-11-12-4-7-15(8-5-12)20(17,18)16-6-2-3-13(9-14)10-16/h12-13H,2-11H2,1H3. The summed E-state index contributed by atoms with van der Waals surface area (Å²) in [6, 6.07) is 0. The molecular formula is C13H25ClN2O3S. The van der Waals surface area contributed by atoms with Crippen LogP contribution in [0.2, 0.25) is 0 Å². The topological polar surface area (TPSA) is 49.9 Å². The maximum absolute atomic E-state index is 12.6. The van der Waals surface area contributed by atoms with Gasteiger partial charge in [0.1, 0.15) is 0 Å². The molecule has 5 nitrogen and oxygen atoms in total. The van der Waals surface area contributed by atoms with E-state index in [4.69, 9.17) is 16.3 Å². The second-order valence-electron chi connectivity index (χ2n) is 5.83. The van der Waals surface area contributed by atoms with Gasteiger partial charge in [0.2, 0.25) is 0 Å². The third kappa shape index (κ3) is 3.85. The summed E-state index contributed by atoms with van der Waals surface area (Å²) in [6.45, 7) is 3.15. The van der Waals surface area contributed by atoms with E-state index >= 15 is 0 Å². The van der Waals surface area contributed by atoms with Gasteiger partial charge in [0.25, 0.3) is 10.2 Å². The summed E-state index contributed by atoms with van der Waals surface area (Å²) in [4.78, 5) is 0. The fourth-order valence-electron chi connectivity index (χ4n) is 3.07. The number of halogens is 1. The number of hydrogen-bond acceptors (Lipinski definition) is 3. The van der Waals surface area contributed by atoms with E-state index in [1.165, 1.54) is 0 Å². The maximum Gasteiger partial charge on any atom is 0.281 e. The molecule has 1 unspecified atom stereocenters. The summed E-state index contributed by atoms with van der Waals surface area (Å²) in [5.41, 5.74) is 0. The van der Waals surface area contributed by atoms with Crippen LogP contribution in [0.25, 0.3) is 0 Å². The zero-order chi connectivity index (χ0) is 14.6. The van der Waals surface area contributed by atoms with Gasteiger partial charge in [-0.2, -0.15) is 17.0 Å². The normalized spacial score (nSPS) is 27.8. The van der Waals surface area contributed by atoms with Crippen molar-refractivity contribution >= 4 is 21.8 Å². The van der Waals surface area contributed by atoms with Gasteiger partial charge in [0.05, 0.1) is 0 Å². The monoisotopic (exact) mass is 324 g/mol. The van der Waals surface area contributed by atoms with E-state index < -0.39 is 10.2 Å². The highest BCUT2D eigenvalue weighted by atomic mass is 35.5. The van der Waals surface area contributed by atoms with Crippen molar-refractivity contribution in [3.8, 4) is 0 Å². The fraction of sp³-hybridized carbons (Fsp3) is 1.00. The van der Waals surface area contributed by atoms with E-state index in [9.17, 15) is 8.42 Å². The zero-order valence-electron chi connectivity index (χ0n) is 12.1. The first-order chi connectivity index (χ1) is 9.57. The summed E-state index contributed by atoms with van der Waals surface area (Å²) in [6.07, 6.45) is 3.72. The molecule has 0 saturated carbocycles. The van der Waals surface area contributed by atoms with Crippen LogP contribution in [0.5, 0.6) is 0 Å². The molecule has 2 aliphatic rings. The Morgan fingerprint density at radius 3 is 2.40 bits per heavy atom. The molecule has 0 spiro atoms. The fourth-order valence-corrected chi connectivity index (χ4v) is 5.08. The molecular weight excluding hydrogens is 300 g/mol. The Labute approximate surface area is 127 Å². The summed E-state index contributed by atoms with van der Waals surface area (Å²) < 4.78 is 33.7. The van der Waals surface area contributed by atoms with E-state index in [1.807, 2.05) is 0 Å². The average molecular weight is 325 g/mol. The van der Waals surface area contributed by atoms with Crippen LogP contribution in [0.3, 0.4) is 0 Å². The lowest BCUT2D eigenvalue weighted by molar-refractivity contribution is 0.119. The Morgan fingerprint density at radius 1 is 1.10 bits per heavy atom. The Kier molecular flexibility index (Phi) is 6.10. The molecule has 0 bridgehead atoms. The van der Waals surface area contributed by atoms with E-state index in [-0.39, 0.29) is 0 Å². The molecule has 0 radical (unpaired) electrons.